The Kier molecular flexibility index (Phi) is 4.68. The largest absolute Gasteiger partial charge is 0.316 e. The highest BCUT2D eigenvalue weighted by Gasteiger charge is 2.30. The first kappa shape index (κ1) is 17.1. The van der Waals surface area contributed by atoms with Gasteiger partial charge in [0.2, 0.25) is 5.91 Å². The van der Waals surface area contributed by atoms with Crippen molar-refractivity contribution in [3.05, 3.63) is 52.7 Å². The molecule has 2 aliphatic heterocycles. The molecule has 1 saturated heterocycles. The molecule has 136 valence electrons. The number of fused-ring (bicyclic) bond motifs is 1. The van der Waals surface area contributed by atoms with E-state index in [0.717, 1.165) is 43.0 Å². The number of nitrogens with zero attached hydrogens (tertiary/aromatic N) is 3. The van der Waals surface area contributed by atoms with Gasteiger partial charge in [0.05, 0.1) is 6.54 Å². The summed E-state index contributed by atoms with van der Waals surface area (Å²) >= 11 is 0. The fourth-order valence-electron chi connectivity index (χ4n) is 3.82. The number of aryl methyl sites for hydroxylation is 1. The van der Waals surface area contributed by atoms with Crippen LogP contribution in [-0.2, 0) is 17.8 Å². The Bertz CT molecular complexity index is 833. The molecule has 0 spiro atoms. The number of carbonyl (C=O) groups is 1. The van der Waals surface area contributed by atoms with Crippen LogP contribution in [0.4, 0.5) is 10.2 Å². The normalized spacial score (nSPS) is 20.2. The average molecular weight is 354 g/mol. The smallest absolute Gasteiger partial charge is 0.228 e. The Hall–Kier alpha value is -2.34. The third kappa shape index (κ3) is 3.21. The van der Waals surface area contributed by atoms with Crippen LogP contribution < -0.4 is 10.2 Å². The highest BCUT2D eigenvalue weighted by molar-refractivity contribution is 5.95. The lowest BCUT2D eigenvalue weighted by atomic mass is 9.97. The Balaban J connectivity index is 1.72. The first-order valence-corrected chi connectivity index (χ1v) is 9.25. The predicted molar refractivity (Wildman–Crippen MR) is 97.5 cm³/mol. The highest BCUT2D eigenvalue weighted by atomic mass is 19.1. The van der Waals surface area contributed by atoms with Crippen molar-refractivity contribution in [2.45, 2.75) is 45.1 Å². The number of aromatic nitrogens is 2. The third-order valence-corrected chi connectivity index (χ3v) is 5.30. The van der Waals surface area contributed by atoms with E-state index in [0.29, 0.717) is 24.2 Å². The summed E-state index contributed by atoms with van der Waals surface area (Å²) < 4.78 is 14.1. The Morgan fingerprint density at radius 3 is 2.88 bits per heavy atom. The average Bonchev–Trinajstić information content (AvgIpc) is 2.66. The second kappa shape index (κ2) is 7.11. The lowest BCUT2D eigenvalue weighted by molar-refractivity contribution is -0.119. The molecule has 26 heavy (non-hydrogen) atoms. The number of nitrogens with one attached hydrogen (secondary N) is 1. The summed E-state index contributed by atoms with van der Waals surface area (Å²) in [5, 5.41) is 3.39. The molecule has 3 heterocycles. The van der Waals surface area contributed by atoms with Crippen molar-refractivity contribution in [1.82, 2.24) is 15.3 Å². The van der Waals surface area contributed by atoms with Gasteiger partial charge in [-0.05, 0) is 38.8 Å². The molecule has 1 atom stereocenters. The number of hydrogen-bond donors (Lipinski definition) is 1. The van der Waals surface area contributed by atoms with Gasteiger partial charge < -0.3 is 5.32 Å². The number of rotatable bonds is 3. The number of piperidine rings is 1. The van der Waals surface area contributed by atoms with Gasteiger partial charge in [0.25, 0.3) is 0 Å². The van der Waals surface area contributed by atoms with E-state index in [1.165, 1.54) is 6.07 Å². The molecule has 1 amide bonds. The molecule has 0 bridgehead atoms. The number of benzene rings is 1. The molecule has 2 aromatic rings. The standard InChI is InChI=1S/C20H23FN4O/c1-13-16-8-9-18(26)25(12-15-5-2-3-7-17(15)21)20(16)24-19(23-13)14-6-4-10-22-11-14/h2-3,5,7,14,22H,4,6,8-12H2,1H3/t14-/m1/s1. The molecule has 0 radical (unpaired) electrons. The van der Waals surface area contributed by atoms with Crippen LogP contribution in [0.5, 0.6) is 0 Å². The SMILES string of the molecule is Cc1nc([C@@H]2CCCNC2)nc2c1CCC(=O)N2Cc1ccccc1F. The van der Waals surface area contributed by atoms with Crippen molar-refractivity contribution in [3.63, 3.8) is 0 Å². The van der Waals surface area contributed by atoms with E-state index in [1.807, 2.05) is 6.92 Å². The van der Waals surface area contributed by atoms with Crippen LogP contribution in [0, 0.1) is 12.7 Å². The zero-order valence-electron chi connectivity index (χ0n) is 15.0. The minimum Gasteiger partial charge on any atom is -0.316 e. The number of carbonyl (C=O) groups excluding carboxylic acids is 1. The Labute approximate surface area is 152 Å². The fourth-order valence-corrected chi connectivity index (χ4v) is 3.82. The monoisotopic (exact) mass is 354 g/mol. The molecule has 1 aromatic heterocycles. The third-order valence-electron chi connectivity index (χ3n) is 5.30. The van der Waals surface area contributed by atoms with Gasteiger partial charge in [-0.15, -0.1) is 0 Å². The van der Waals surface area contributed by atoms with Gasteiger partial charge in [0, 0.05) is 35.7 Å². The van der Waals surface area contributed by atoms with E-state index in [9.17, 15) is 9.18 Å². The molecule has 0 unspecified atom stereocenters. The van der Waals surface area contributed by atoms with E-state index in [-0.39, 0.29) is 24.2 Å². The van der Waals surface area contributed by atoms with E-state index >= 15 is 0 Å². The summed E-state index contributed by atoms with van der Waals surface area (Å²) in [6.07, 6.45) is 3.21. The Morgan fingerprint density at radius 1 is 1.27 bits per heavy atom. The van der Waals surface area contributed by atoms with Crippen molar-refractivity contribution < 1.29 is 9.18 Å². The Morgan fingerprint density at radius 2 is 2.12 bits per heavy atom. The minimum atomic E-state index is -0.296. The molecule has 2 aliphatic rings. The van der Waals surface area contributed by atoms with Crippen LogP contribution in [-0.4, -0.2) is 29.0 Å². The topological polar surface area (TPSA) is 58.1 Å². The quantitative estimate of drug-likeness (QED) is 0.921. The summed E-state index contributed by atoms with van der Waals surface area (Å²) in [5.74, 6) is 1.42. The molecule has 1 aromatic carbocycles. The first-order chi connectivity index (χ1) is 12.6. The van der Waals surface area contributed by atoms with Crippen molar-refractivity contribution >= 4 is 11.7 Å². The molecule has 6 heteroatoms. The molecule has 1 fully saturated rings. The van der Waals surface area contributed by atoms with Gasteiger partial charge in [0.15, 0.2) is 0 Å². The summed E-state index contributed by atoms with van der Waals surface area (Å²) in [6, 6.07) is 6.59. The van der Waals surface area contributed by atoms with E-state index < -0.39 is 0 Å². The predicted octanol–water partition coefficient (Wildman–Crippen LogP) is 2.87. The highest BCUT2D eigenvalue weighted by Crippen LogP contribution is 2.32. The van der Waals surface area contributed by atoms with Crippen LogP contribution in [0.3, 0.4) is 0 Å². The zero-order valence-corrected chi connectivity index (χ0v) is 15.0. The number of anilines is 1. The summed E-state index contributed by atoms with van der Waals surface area (Å²) in [6.45, 7) is 4.08. The first-order valence-electron chi connectivity index (χ1n) is 9.25. The van der Waals surface area contributed by atoms with E-state index in [1.54, 1.807) is 23.1 Å². The fraction of sp³-hybridized carbons (Fsp3) is 0.450. The van der Waals surface area contributed by atoms with Gasteiger partial charge in [-0.3, -0.25) is 9.69 Å². The number of amides is 1. The zero-order chi connectivity index (χ0) is 18.1. The lowest BCUT2D eigenvalue weighted by Gasteiger charge is -2.31. The molecular weight excluding hydrogens is 331 g/mol. The second-order valence-electron chi connectivity index (χ2n) is 7.08. The molecule has 4 rings (SSSR count). The maximum absolute atomic E-state index is 14.1. The maximum atomic E-state index is 14.1. The second-order valence-corrected chi connectivity index (χ2v) is 7.08. The van der Waals surface area contributed by atoms with Crippen molar-refractivity contribution in [2.24, 2.45) is 0 Å². The molecule has 1 N–H and O–H groups in total. The van der Waals surface area contributed by atoms with Gasteiger partial charge in [-0.25, -0.2) is 14.4 Å². The van der Waals surface area contributed by atoms with Gasteiger partial charge in [-0.2, -0.15) is 0 Å². The van der Waals surface area contributed by atoms with Crippen LogP contribution in [0.15, 0.2) is 24.3 Å². The van der Waals surface area contributed by atoms with Crippen LogP contribution in [0.1, 0.15) is 47.8 Å². The molecular formula is C20H23FN4O. The van der Waals surface area contributed by atoms with Gasteiger partial charge >= 0.3 is 0 Å². The molecule has 0 aliphatic carbocycles. The summed E-state index contributed by atoms with van der Waals surface area (Å²) in [4.78, 5) is 23.8. The summed E-state index contributed by atoms with van der Waals surface area (Å²) in [7, 11) is 0. The number of hydrogen-bond acceptors (Lipinski definition) is 4. The van der Waals surface area contributed by atoms with E-state index in [4.69, 9.17) is 9.97 Å². The van der Waals surface area contributed by atoms with Crippen LogP contribution in [0.2, 0.25) is 0 Å². The molecule has 5 nitrogen and oxygen atoms in total. The van der Waals surface area contributed by atoms with E-state index in [2.05, 4.69) is 5.32 Å². The summed E-state index contributed by atoms with van der Waals surface area (Å²) in [5.41, 5.74) is 2.45. The van der Waals surface area contributed by atoms with Crippen LogP contribution >= 0.6 is 0 Å². The van der Waals surface area contributed by atoms with Crippen molar-refractivity contribution in [1.29, 1.82) is 0 Å². The minimum absolute atomic E-state index is 0.00780. The van der Waals surface area contributed by atoms with Crippen molar-refractivity contribution in [2.75, 3.05) is 18.0 Å². The van der Waals surface area contributed by atoms with Crippen LogP contribution in [0.25, 0.3) is 0 Å². The number of halogens is 1. The maximum Gasteiger partial charge on any atom is 0.228 e. The molecule has 0 saturated carbocycles. The lowest BCUT2D eigenvalue weighted by Crippen LogP contribution is -2.37. The van der Waals surface area contributed by atoms with Gasteiger partial charge in [-0.1, -0.05) is 18.2 Å². The van der Waals surface area contributed by atoms with Gasteiger partial charge in [0.1, 0.15) is 17.5 Å². The van der Waals surface area contributed by atoms with Crippen molar-refractivity contribution in [3.8, 4) is 0 Å².